The fourth-order valence-corrected chi connectivity index (χ4v) is 2.51. The molecule has 0 unspecified atom stereocenters. The molecule has 0 atom stereocenters. The van der Waals surface area contributed by atoms with E-state index in [1.807, 2.05) is 0 Å². The Balaban J connectivity index is 3.57. The van der Waals surface area contributed by atoms with Crippen molar-refractivity contribution in [2.75, 3.05) is 11.5 Å². The molecule has 0 aromatic carbocycles. The minimum atomic E-state index is -2.96. The lowest BCUT2D eigenvalue weighted by Gasteiger charge is -2.01. The molecule has 0 bridgehead atoms. The number of sulfone groups is 1. The molecule has 0 aromatic rings. The third kappa shape index (κ3) is 9.46. The Labute approximate surface area is 90.9 Å². The van der Waals surface area contributed by atoms with E-state index in [9.17, 15) is 13.2 Å². The van der Waals surface area contributed by atoms with Crippen molar-refractivity contribution in [3.05, 3.63) is 12.7 Å². The summed E-state index contributed by atoms with van der Waals surface area (Å²) in [5, 5.41) is 8.36. The first-order valence-corrected chi connectivity index (χ1v) is 6.83. The maximum atomic E-state index is 11.3. The van der Waals surface area contributed by atoms with Crippen molar-refractivity contribution in [3.63, 3.8) is 0 Å². The first-order chi connectivity index (χ1) is 6.98. The van der Waals surface area contributed by atoms with E-state index in [0.717, 1.165) is 0 Å². The molecule has 0 aliphatic carbocycles. The molecule has 0 aromatic heterocycles. The third-order valence-electron chi connectivity index (χ3n) is 1.98. The van der Waals surface area contributed by atoms with Gasteiger partial charge in [-0.3, -0.25) is 4.79 Å². The van der Waals surface area contributed by atoms with Crippen LogP contribution in [0.4, 0.5) is 0 Å². The van der Waals surface area contributed by atoms with Crippen LogP contribution in [0.5, 0.6) is 0 Å². The highest BCUT2D eigenvalue weighted by molar-refractivity contribution is 7.91. The average molecular weight is 234 g/mol. The van der Waals surface area contributed by atoms with E-state index in [1.165, 1.54) is 0 Å². The van der Waals surface area contributed by atoms with Crippen LogP contribution in [-0.2, 0) is 14.6 Å². The molecule has 15 heavy (non-hydrogen) atoms. The molecule has 0 radical (unpaired) electrons. The molecule has 0 heterocycles. The van der Waals surface area contributed by atoms with Crippen LogP contribution in [0.25, 0.3) is 0 Å². The van der Waals surface area contributed by atoms with Gasteiger partial charge in [0.15, 0.2) is 9.84 Å². The van der Waals surface area contributed by atoms with Crippen molar-refractivity contribution in [3.8, 4) is 0 Å². The van der Waals surface area contributed by atoms with Gasteiger partial charge in [-0.1, -0.05) is 12.5 Å². The van der Waals surface area contributed by atoms with Crippen molar-refractivity contribution in [1.29, 1.82) is 0 Å². The third-order valence-corrected chi connectivity index (χ3v) is 3.75. The summed E-state index contributed by atoms with van der Waals surface area (Å²) in [5.41, 5.74) is 0. The van der Waals surface area contributed by atoms with Crippen LogP contribution in [0.2, 0.25) is 0 Å². The van der Waals surface area contributed by atoms with Crippen molar-refractivity contribution >= 4 is 15.8 Å². The van der Waals surface area contributed by atoms with Gasteiger partial charge in [0.2, 0.25) is 0 Å². The fraction of sp³-hybridized carbons (Fsp3) is 0.700. The fourth-order valence-electron chi connectivity index (χ4n) is 1.14. The lowest BCUT2D eigenvalue weighted by Crippen LogP contribution is -2.10. The minimum absolute atomic E-state index is 0.118. The normalized spacial score (nSPS) is 11.2. The predicted octanol–water partition coefficient (Wildman–Crippen LogP) is 1.62. The number of rotatable bonds is 9. The highest BCUT2D eigenvalue weighted by Gasteiger charge is 2.08. The van der Waals surface area contributed by atoms with E-state index in [2.05, 4.69) is 6.58 Å². The number of hydrogen-bond acceptors (Lipinski definition) is 3. The summed E-state index contributed by atoms with van der Waals surface area (Å²) in [4.78, 5) is 10.2. The minimum Gasteiger partial charge on any atom is -0.481 e. The summed E-state index contributed by atoms with van der Waals surface area (Å²) in [6.07, 6.45) is 3.94. The van der Waals surface area contributed by atoms with Gasteiger partial charge in [0.25, 0.3) is 0 Å². The van der Waals surface area contributed by atoms with Crippen LogP contribution >= 0.6 is 0 Å². The molecule has 88 valence electrons. The molecule has 0 saturated heterocycles. The Morgan fingerprint density at radius 3 is 2.40 bits per heavy atom. The molecule has 0 aliphatic heterocycles. The summed E-state index contributed by atoms with van der Waals surface area (Å²) in [6, 6.07) is 0. The number of hydrogen-bond donors (Lipinski definition) is 1. The second kappa shape index (κ2) is 7.45. The van der Waals surface area contributed by atoms with Crippen LogP contribution in [0.1, 0.15) is 32.1 Å². The Kier molecular flexibility index (Phi) is 7.03. The lowest BCUT2D eigenvalue weighted by molar-refractivity contribution is -0.137. The van der Waals surface area contributed by atoms with E-state index >= 15 is 0 Å². The van der Waals surface area contributed by atoms with Crippen molar-refractivity contribution in [2.45, 2.75) is 32.1 Å². The summed E-state index contributed by atoms with van der Waals surface area (Å²) >= 11 is 0. The maximum Gasteiger partial charge on any atom is 0.303 e. The van der Waals surface area contributed by atoms with Gasteiger partial charge >= 0.3 is 5.97 Å². The molecule has 0 saturated carbocycles. The zero-order valence-electron chi connectivity index (χ0n) is 8.81. The van der Waals surface area contributed by atoms with Gasteiger partial charge in [0.1, 0.15) is 0 Å². The Morgan fingerprint density at radius 1 is 1.20 bits per heavy atom. The van der Waals surface area contributed by atoms with Crippen molar-refractivity contribution in [2.24, 2.45) is 0 Å². The van der Waals surface area contributed by atoms with Crippen LogP contribution in [0.3, 0.4) is 0 Å². The first-order valence-electron chi connectivity index (χ1n) is 5.01. The second-order valence-electron chi connectivity index (χ2n) is 3.43. The van der Waals surface area contributed by atoms with Gasteiger partial charge < -0.3 is 5.11 Å². The number of aliphatic carboxylic acids is 1. The molecule has 1 N–H and O–H groups in total. The average Bonchev–Trinajstić information content (AvgIpc) is 2.14. The zero-order valence-corrected chi connectivity index (χ0v) is 9.63. The molecular formula is C10H18O4S. The first kappa shape index (κ1) is 14.2. The van der Waals surface area contributed by atoms with Crippen LogP contribution in [0, 0.1) is 0 Å². The van der Waals surface area contributed by atoms with E-state index in [1.54, 1.807) is 6.08 Å². The van der Waals surface area contributed by atoms with E-state index < -0.39 is 15.8 Å². The van der Waals surface area contributed by atoms with Crippen LogP contribution in [-0.4, -0.2) is 31.0 Å². The number of carboxylic acid groups (broad SMARTS) is 1. The van der Waals surface area contributed by atoms with Gasteiger partial charge in [0, 0.05) is 6.42 Å². The van der Waals surface area contributed by atoms with Gasteiger partial charge in [-0.05, 0) is 19.3 Å². The highest BCUT2D eigenvalue weighted by atomic mass is 32.2. The standard InChI is InChI=1S/C10H18O4S/c1-2-3-8-15(13,14)9-6-4-5-7-10(11)12/h2H,1,3-9H2,(H,11,12). The summed E-state index contributed by atoms with van der Waals surface area (Å²) in [6.45, 7) is 3.46. The van der Waals surface area contributed by atoms with Gasteiger partial charge in [-0.2, -0.15) is 0 Å². The lowest BCUT2D eigenvalue weighted by atomic mass is 10.2. The Bertz CT molecular complexity index is 293. The molecular weight excluding hydrogens is 216 g/mol. The summed E-state index contributed by atoms with van der Waals surface area (Å²) in [7, 11) is -2.96. The smallest absolute Gasteiger partial charge is 0.303 e. The second-order valence-corrected chi connectivity index (χ2v) is 5.74. The molecule has 0 aliphatic rings. The molecule has 0 fully saturated rings. The molecule has 0 amide bonds. The largest absolute Gasteiger partial charge is 0.481 e. The maximum absolute atomic E-state index is 11.3. The van der Waals surface area contributed by atoms with E-state index in [-0.39, 0.29) is 17.9 Å². The zero-order chi connectivity index (χ0) is 11.7. The van der Waals surface area contributed by atoms with Gasteiger partial charge in [0.05, 0.1) is 11.5 Å². The summed E-state index contributed by atoms with van der Waals surface area (Å²) < 4.78 is 22.6. The summed E-state index contributed by atoms with van der Waals surface area (Å²) in [5.74, 6) is -0.528. The van der Waals surface area contributed by atoms with Crippen molar-refractivity contribution < 1.29 is 18.3 Å². The van der Waals surface area contributed by atoms with Crippen LogP contribution < -0.4 is 0 Å². The highest BCUT2D eigenvalue weighted by Crippen LogP contribution is 2.04. The van der Waals surface area contributed by atoms with Crippen molar-refractivity contribution in [1.82, 2.24) is 0 Å². The number of unbranched alkanes of at least 4 members (excludes halogenated alkanes) is 2. The quantitative estimate of drug-likeness (QED) is 0.486. The molecule has 0 rings (SSSR count). The van der Waals surface area contributed by atoms with E-state index in [4.69, 9.17) is 5.11 Å². The number of allylic oxidation sites excluding steroid dienone is 1. The van der Waals surface area contributed by atoms with Gasteiger partial charge in [-0.25, -0.2) is 8.42 Å². The van der Waals surface area contributed by atoms with E-state index in [0.29, 0.717) is 25.7 Å². The topological polar surface area (TPSA) is 71.4 Å². The Morgan fingerprint density at radius 2 is 1.87 bits per heavy atom. The molecule has 5 heteroatoms. The SMILES string of the molecule is C=CCCS(=O)(=O)CCCCCC(=O)O. The number of carbonyl (C=O) groups is 1. The predicted molar refractivity (Wildman–Crippen MR) is 59.6 cm³/mol. The monoisotopic (exact) mass is 234 g/mol. The number of carboxylic acids is 1. The van der Waals surface area contributed by atoms with Gasteiger partial charge in [-0.15, -0.1) is 6.58 Å². The molecule has 4 nitrogen and oxygen atoms in total. The van der Waals surface area contributed by atoms with Crippen LogP contribution in [0.15, 0.2) is 12.7 Å². The molecule has 0 spiro atoms. The Hall–Kier alpha value is -0.840.